The fourth-order valence-electron chi connectivity index (χ4n) is 2.25. The van der Waals surface area contributed by atoms with Gasteiger partial charge < -0.3 is 5.32 Å². The molecule has 0 spiro atoms. The molecule has 1 unspecified atom stereocenters. The monoisotopic (exact) mass is 217 g/mol. The van der Waals surface area contributed by atoms with Crippen LogP contribution in [-0.2, 0) is 0 Å². The number of benzene rings is 1. The number of hydrogen-bond acceptors (Lipinski definition) is 1. The van der Waals surface area contributed by atoms with Crippen molar-refractivity contribution in [2.24, 2.45) is 5.92 Å². The van der Waals surface area contributed by atoms with Crippen molar-refractivity contribution < 1.29 is 0 Å². The zero-order valence-corrected chi connectivity index (χ0v) is 10.7. The molecule has 1 aromatic carbocycles. The standard InChI is InChI=1S/C15H23N/c1-4-16-15(10-13-6-7-13)14-8-5-11(2)12(3)9-14/h5,8-9,13,15-16H,4,6-7,10H2,1-3H3. The van der Waals surface area contributed by atoms with Crippen molar-refractivity contribution in [3.8, 4) is 0 Å². The Bertz CT molecular complexity index is 352. The third-order valence-corrected chi connectivity index (χ3v) is 3.65. The minimum atomic E-state index is 0.566. The summed E-state index contributed by atoms with van der Waals surface area (Å²) in [7, 11) is 0. The van der Waals surface area contributed by atoms with Gasteiger partial charge >= 0.3 is 0 Å². The van der Waals surface area contributed by atoms with Crippen molar-refractivity contribution >= 4 is 0 Å². The van der Waals surface area contributed by atoms with Crippen LogP contribution in [0.5, 0.6) is 0 Å². The number of aryl methyl sites for hydroxylation is 2. The van der Waals surface area contributed by atoms with E-state index in [1.807, 2.05) is 0 Å². The number of nitrogens with one attached hydrogen (secondary N) is 1. The van der Waals surface area contributed by atoms with Crippen molar-refractivity contribution in [3.05, 3.63) is 34.9 Å². The molecule has 1 heteroatoms. The molecular weight excluding hydrogens is 194 g/mol. The first kappa shape index (κ1) is 11.7. The zero-order chi connectivity index (χ0) is 11.5. The molecule has 0 heterocycles. The van der Waals surface area contributed by atoms with Gasteiger partial charge in [-0.05, 0) is 49.4 Å². The molecule has 0 saturated heterocycles. The SMILES string of the molecule is CCNC(CC1CC1)c1ccc(C)c(C)c1. The van der Waals surface area contributed by atoms with Crippen LogP contribution < -0.4 is 5.32 Å². The molecule has 1 N–H and O–H groups in total. The van der Waals surface area contributed by atoms with Crippen LogP contribution in [0.3, 0.4) is 0 Å². The predicted octanol–water partition coefficient (Wildman–Crippen LogP) is 3.75. The van der Waals surface area contributed by atoms with Crippen LogP contribution in [0.4, 0.5) is 0 Å². The molecule has 0 amide bonds. The van der Waals surface area contributed by atoms with Crippen LogP contribution in [0.1, 0.15) is 48.9 Å². The fourth-order valence-corrected chi connectivity index (χ4v) is 2.25. The maximum atomic E-state index is 3.62. The van der Waals surface area contributed by atoms with Gasteiger partial charge in [0.15, 0.2) is 0 Å². The molecule has 0 bridgehead atoms. The van der Waals surface area contributed by atoms with Crippen molar-refractivity contribution in [2.75, 3.05) is 6.54 Å². The van der Waals surface area contributed by atoms with Gasteiger partial charge in [-0.1, -0.05) is 38.0 Å². The van der Waals surface area contributed by atoms with E-state index >= 15 is 0 Å². The van der Waals surface area contributed by atoms with E-state index in [0.29, 0.717) is 6.04 Å². The zero-order valence-electron chi connectivity index (χ0n) is 10.7. The Balaban J connectivity index is 2.12. The van der Waals surface area contributed by atoms with Gasteiger partial charge in [0.2, 0.25) is 0 Å². The molecule has 0 radical (unpaired) electrons. The Morgan fingerprint density at radius 1 is 1.25 bits per heavy atom. The highest BCUT2D eigenvalue weighted by atomic mass is 14.9. The summed E-state index contributed by atoms with van der Waals surface area (Å²) < 4.78 is 0. The first-order valence-electron chi connectivity index (χ1n) is 6.51. The van der Waals surface area contributed by atoms with Crippen molar-refractivity contribution in [2.45, 2.75) is 46.1 Å². The van der Waals surface area contributed by atoms with Gasteiger partial charge in [-0.25, -0.2) is 0 Å². The Morgan fingerprint density at radius 3 is 2.56 bits per heavy atom. The second kappa shape index (κ2) is 5.01. The molecule has 2 rings (SSSR count). The molecule has 1 aliphatic rings. The van der Waals surface area contributed by atoms with E-state index in [-0.39, 0.29) is 0 Å². The topological polar surface area (TPSA) is 12.0 Å². The fraction of sp³-hybridized carbons (Fsp3) is 0.600. The molecule has 1 aromatic rings. The lowest BCUT2D eigenvalue weighted by atomic mass is 9.97. The minimum Gasteiger partial charge on any atom is -0.310 e. The summed E-state index contributed by atoms with van der Waals surface area (Å²) in [5, 5.41) is 3.62. The van der Waals surface area contributed by atoms with Crippen LogP contribution in [0.25, 0.3) is 0 Å². The second-order valence-corrected chi connectivity index (χ2v) is 5.13. The Labute approximate surface area is 99.3 Å². The van der Waals surface area contributed by atoms with E-state index in [9.17, 15) is 0 Å². The van der Waals surface area contributed by atoms with Crippen LogP contribution >= 0.6 is 0 Å². The molecule has 88 valence electrons. The highest BCUT2D eigenvalue weighted by Gasteiger charge is 2.25. The van der Waals surface area contributed by atoms with Crippen LogP contribution in [-0.4, -0.2) is 6.54 Å². The maximum Gasteiger partial charge on any atom is 0.0322 e. The lowest BCUT2D eigenvalue weighted by molar-refractivity contribution is 0.486. The normalized spacial score (nSPS) is 17.4. The van der Waals surface area contributed by atoms with Crippen molar-refractivity contribution in [3.63, 3.8) is 0 Å². The summed E-state index contributed by atoms with van der Waals surface area (Å²) in [6.07, 6.45) is 4.19. The van der Waals surface area contributed by atoms with Gasteiger partial charge in [0.1, 0.15) is 0 Å². The quantitative estimate of drug-likeness (QED) is 0.792. The average molecular weight is 217 g/mol. The van der Waals surface area contributed by atoms with E-state index in [0.717, 1.165) is 12.5 Å². The van der Waals surface area contributed by atoms with Gasteiger partial charge in [-0.3, -0.25) is 0 Å². The minimum absolute atomic E-state index is 0.566. The Hall–Kier alpha value is -0.820. The van der Waals surface area contributed by atoms with E-state index in [4.69, 9.17) is 0 Å². The molecule has 0 aliphatic heterocycles. The molecule has 1 atom stereocenters. The van der Waals surface area contributed by atoms with Gasteiger partial charge in [0.05, 0.1) is 0 Å². The van der Waals surface area contributed by atoms with E-state index in [2.05, 4.69) is 44.3 Å². The highest BCUT2D eigenvalue weighted by Crippen LogP contribution is 2.37. The first-order valence-corrected chi connectivity index (χ1v) is 6.51. The average Bonchev–Trinajstić information content (AvgIpc) is 3.05. The summed E-state index contributed by atoms with van der Waals surface area (Å²) >= 11 is 0. The predicted molar refractivity (Wildman–Crippen MR) is 69.7 cm³/mol. The second-order valence-electron chi connectivity index (χ2n) is 5.13. The number of rotatable bonds is 5. The smallest absolute Gasteiger partial charge is 0.0322 e. The van der Waals surface area contributed by atoms with Gasteiger partial charge in [0, 0.05) is 6.04 Å². The van der Waals surface area contributed by atoms with Gasteiger partial charge in [-0.15, -0.1) is 0 Å². The maximum absolute atomic E-state index is 3.62. The highest BCUT2D eigenvalue weighted by molar-refractivity contribution is 5.31. The summed E-state index contributed by atoms with van der Waals surface area (Å²) in [5.41, 5.74) is 4.28. The largest absolute Gasteiger partial charge is 0.310 e. The molecule has 1 fully saturated rings. The summed E-state index contributed by atoms with van der Waals surface area (Å²) in [4.78, 5) is 0. The molecule has 1 saturated carbocycles. The Kier molecular flexibility index (Phi) is 3.65. The molecular formula is C15H23N. The summed E-state index contributed by atoms with van der Waals surface area (Å²) in [6, 6.07) is 7.46. The molecule has 16 heavy (non-hydrogen) atoms. The third kappa shape index (κ3) is 2.85. The van der Waals surface area contributed by atoms with Crippen LogP contribution in [0.2, 0.25) is 0 Å². The van der Waals surface area contributed by atoms with E-state index in [1.54, 1.807) is 0 Å². The van der Waals surface area contributed by atoms with Crippen LogP contribution in [0, 0.1) is 19.8 Å². The van der Waals surface area contributed by atoms with Gasteiger partial charge in [0.25, 0.3) is 0 Å². The molecule has 1 aliphatic carbocycles. The lowest BCUT2D eigenvalue weighted by Gasteiger charge is -2.19. The summed E-state index contributed by atoms with van der Waals surface area (Å²) in [6.45, 7) is 7.65. The van der Waals surface area contributed by atoms with Crippen LogP contribution in [0.15, 0.2) is 18.2 Å². The molecule has 1 nitrogen and oxygen atoms in total. The van der Waals surface area contributed by atoms with Gasteiger partial charge in [-0.2, -0.15) is 0 Å². The van der Waals surface area contributed by atoms with Crippen molar-refractivity contribution in [1.29, 1.82) is 0 Å². The third-order valence-electron chi connectivity index (χ3n) is 3.65. The lowest BCUT2D eigenvalue weighted by Crippen LogP contribution is -2.21. The van der Waals surface area contributed by atoms with E-state index < -0.39 is 0 Å². The summed E-state index contributed by atoms with van der Waals surface area (Å²) in [5.74, 6) is 0.977. The van der Waals surface area contributed by atoms with Crippen molar-refractivity contribution in [1.82, 2.24) is 5.32 Å². The first-order chi connectivity index (χ1) is 7.70. The Morgan fingerprint density at radius 2 is 2.00 bits per heavy atom. The van der Waals surface area contributed by atoms with E-state index in [1.165, 1.54) is 36.0 Å². The molecule has 0 aromatic heterocycles. The number of hydrogen-bond donors (Lipinski definition) is 1.